The fourth-order valence-corrected chi connectivity index (χ4v) is 3.53. The van der Waals surface area contributed by atoms with Crippen molar-refractivity contribution in [2.24, 2.45) is 5.73 Å². The number of amides is 1. The van der Waals surface area contributed by atoms with E-state index in [1.807, 2.05) is 17.9 Å². The molecule has 3 nitrogen and oxygen atoms in total. The summed E-state index contributed by atoms with van der Waals surface area (Å²) in [6, 6.07) is 4.11. The van der Waals surface area contributed by atoms with Crippen LogP contribution in [0.2, 0.25) is 0 Å². The SMILES string of the molecule is CCN(Cc1cccs1)C(=O)CC1(N)CCCCC1. The Morgan fingerprint density at radius 1 is 1.42 bits per heavy atom. The maximum Gasteiger partial charge on any atom is 0.224 e. The third-order valence-corrected chi connectivity index (χ3v) is 4.87. The van der Waals surface area contributed by atoms with Crippen molar-refractivity contribution in [2.75, 3.05) is 6.54 Å². The van der Waals surface area contributed by atoms with Crippen molar-refractivity contribution >= 4 is 17.2 Å². The summed E-state index contributed by atoms with van der Waals surface area (Å²) in [5.74, 6) is 0.209. The molecular formula is C15H24N2OS. The largest absolute Gasteiger partial charge is 0.338 e. The van der Waals surface area contributed by atoms with Crippen LogP contribution >= 0.6 is 11.3 Å². The summed E-state index contributed by atoms with van der Waals surface area (Å²) in [4.78, 5) is 15.6. The van der Waals surface area contributed by atoms with E-state index < -0.39 is 0 Å². The molecule has 1 heterocycles. The quantitative estimate of drug-likeness (QED) is 0.900. The fraction of sp³-hybridized carbons (Fsp3) is 0.667. The van der Waals surface area contributed by atoms with Gasteiger partial charge in [0.2, 0.25) is 5.91 Å². The van der Waals surface area contributed by atoms with Gasteiger partial charge in [-0.1, -0.05) is 25.3 Å². The van der Waals surface area contributed by atoms with E-state index in [0.717, 1.165) is 25.9 Å². The number of carbonyl (C=O) groups is 1. The maximum atomic E-state index is 12.4. The highest BCUT2D eigenvalue weighted by atomic mass is 32.1. The Hall–Kier alpha value is -0.870. The average Bonchev–Trinajstić information content (AvgIpc) is 2.89. The minimum atomic E-state index is -0.252. The van der Waals surface area contributed by atoms with E-state index in [-0.39, 0.29) is 11.4 Å². The molecule has 1 aromatic rings. The number of carbonyl (C=O) groups excluding carboxylic acids is 1. The van der Waals surface area contributed by atoms with E-state index in [1.54, 1.807) is 11.3 Å². The zero-order valence-electron chi connectivity index (χ0n) is 11.7. The molecule has 1 saturated carbocycles. The zero-order chi connectivity index (χ0) is 13.7. The summed E-state index contributed by atoms with van der Waals surface area (Å²) in [6.45, 7) is 3.52. The fourth-order valence-electron chi connectivity index (χ4n) is 2.81. The Morgan fingerprint density at radius 2 is 2.16 bits per heavy atom. The van der Waals surface area contributed by atoms with Crippen molar-refractivity contribution in [2.45, 2.75) is 57.5 Å². The summed E-state index contributed by atoms with van der Waals surface area (Å²) in [6.07, 6.45) is 6.10. The molecule has 1 amide bonds. The number of thiophene rings is 1. The molecule has 4 heteroatoms. The number of nitrogens with zero attached hydrogens (tertiary/aromatic N) is 1. The minimum absolute atomic E-state index is 0.209. The average molecular weight is 280 g/mol. The highest BCUT2D eigenvalue weighted by molar-refractivity contribution is 7.09. The molecular weight excluding hydrogens is 256 g/mol. The monoisotopic (exact) mass is 280 g/mol. The second-order valence-electron chi connectivity index (χ2n) is 5.59. The molecule has 0 aliphatic heterocycles. The van der Waals surface area contributed by atoms with E-state index in [4.69, 9.17) is 5.73 Å². The molecule has 0 spiro atoms. The summed E-state index contributed by atoms with van der Waals surface area (Å²) >= 11 is 1.70. The van der Waals surface area contributed by atoms with Gasteiger partial charge in [-0.25, -0.2) is 0 Å². The van der Waals surface area contributed by atoms with Gasteiger partial charge in [0.1, 0.15) is 0 Å². The van der Waals surface area contributed by atoms with E-state index in [0.29, 0.717) is 6.42 Å². The Bertz CT molecular complexity index is 396. The van der Waals surface area contributed by atoms with Crippen molar-refractivity contribution in [1.82, 2.24) is 4.90 Å². The predicted octanol–water partition coefficient (Wildman–Crippen LogP) is 3.15. The van der Waals surface area contributed by atoms with E-state index in [9.17, 15) is 4.79 Å². The van der Waals surface area contributed by atoms with Crippen LogP contribution in [0.5, 0.6) is 0 Å². The number of hydrogen-bond donors (Lipinski definition) is 1. The molecule has 0 unspecified atom stereocenters. The summed E-state index contributed by atoms with van der Waals surface area (Å²) < 4.78 is 0. The van der Waals surface area contributed by atoms with Crippen molar-refractivity contribution in [1.29, 1.82) is 0 Å². The van der Waals surface area contributed by atoms with Gasteiger partial charge in [0.15, 0.2) is 0 Å². The molecule has 1 aliphatic carbocycles. The van der Waals surface area contributed by atoms with Crippen LogP contribution in [-0.2, 0) is 11.3 Å². The van der Waals surface area contributed by atoms with Gasteiger partial charge in [0.05, 0.1) is 6.54 Å². The Kier molecular flexibility index (Phi) is 4.99. The van der Waals surface area contributed by atoms with Crippen LogP contribution in [0.3, 0.4) is 0 Å². The molecule has 106 valence electrons. The van der Waals surface area contributed by atoms with Gasteiger partial charge in [-0.3, -0.25) is 4.79 Å². The standard InChI is InChI=1S/C15H24N2OS/c1-2-17(12-13-7-6-10-19-13)14(18)11-15(16)8-4-3-5-9-15/h6-7,10H,2-5,8-9,11-12,16H2,1H3. The Labute approximate surface area is 119 Å². The minimum Gasteiger partial charge on any atom is -0.338 e. The molecule has 2 rings (SSSR count). The van der Waals surface area contributed by atoms with Crippen LogP contribution in [-0.4, -0.2) is 22.9 Å². The lowest BCUT2D eigenvalue weighted by Gasteiger charge is -2.34. The van der Waals surface area contributed by atoms with Crippen LogP contribution in [0.4, 0.5) is 0 Å². The van der Waals surface area contributed by atoms with Crippen molar-refractivity contribution in [3.8, 4) is 0 Å². The predicted molar refractivity (Wildman–Crippen MR) is 80.0 cm³/mol. The molecule has 0 atom stereocenters. The second kappa shape index (κ2) is 6.53. The van der Waals surface area contributed by atoms with Crippen LogP contribution in [0.25, 0.3) is 0 Å². The van der Waals surface area contributed by atoms with Gasteiger partial charge in [-0.2, -0.15) is 0 Å². The van der Waals surface area contributed by atoms with Gasteiger partial charge in [0.25, 0.3) is 0 Å². The molecule has 19 heavy (non-hydrogen) atoms. The second-order valence-corrected chi connectivity index (χ2v) is 6.62. The zero-order valence-corrected chi connectivity index (χ0v) is 12.5. The van der Waals surface area contributed by atoms with Gasteiger partial charge >= 0.3 is 0 Å². The lowest BCUT2D eigenvalue weighted by molar-refractivity contribution is -0.133. The first-order valence-electron chi connectivity index (χ1n) is 7.22. The third kappa shape index (κ3) is 4.05. The molecule has 1 aromatic heterocycles. The molecule has 0 saturated heterocycles. The molecule has 0 bridgehead atoms. The lowest BCUT2D eigenvalue weighted by atomic mass is 9.80. The summed E-state index contributed by atoms with van der Waals surface area (Å²) in [5.41, 5.74) is 6.13. The Balaban J connectivity index is 1.92. The highest BCUT2D eigenvalue weighted by Gasteiger charge is 2.31. The smallest absolute Gasteiger partial charge is 0.224 e. The Morgan fingerprint density at radius 3 is 2.74 bits per heavy atom. The van der Waals surface area contributed by atoms with E-state index in [1.165, 1.54) is 24.1 Å². The molecule has 2 N–H and O–H groups in total. The summed E-state index contributed by atoms with van der Waals surface area (Å²) in [7, 11) is 0. The first kappa shape index (κ1) is 14.5. The lowest BCUT2D eigenvalue weighted by Crippen LogP contribution is -2.46. The maximum absolute atomic E-state index is 12.4. The molecule has 1 fully saturated rings. The van der Waals surface area contributed by atoms with Gasteiger partial charge in [0, 0.05) is 23.4 Å². The van der Waals surface area contributed by atoms with Crippen LogP contribution in [0.15, 0.2) is 17.5 Å². The van der Waals surface area contributed by atoms with Gasteiger partial charge in [-0.15, -0.1) is 11.3 Å². The van der Waals surface area contributed by atoms with Crippen LogP contribution in [0, 0.1) is 0 Å². The number of nitrogens with two attached hydrogens (primary N) is 1. The third-order valence-electron chi connectivity index (χ3n) is 4.01. The van der Waals surface area contributed by atoms with Gasteiger partial charge in [-0.05, 0) is 31.2 Å². The van der Waals surface area contributed by atoms with E-state index in [2.05, 4.69) is 11.4 Å². The first-order chi connectivity index (χ1) is 9.13. The van der Waals surface area contributed by atoms with Gasteiger partial charge < -0.3 is 10.6 Å². The number of hydrogen-bond acceptors (Lipinski definition) is 3. The summed E-state index contributed by atoms with van der Waals surface area (Å²) in [5, 5.41) is 2.05. The van der Waals surface area contributed by atoms with Crippen LogP contribution in [0.1, 0.15) is 50.3 Å². The normalized spacial score (nSPS) is 18.2. The van der Waals surface area contributed by atoms with Crippen molar-refractivity contribution in [3.63, 3.8) is 0 Å². The van der Waals surface area contributed by atoms with Crippen LogP contribution < -0.4 is 5.73 Å². The highest BCUT2D eigenvalue weighted by Crippen LogP contribution is 2.29. The molecule has 1 aliphatic rings. The molecule has 0 radical (unpaired) electrons. The first-order valence-corrected chi connectivity index (χ1v) is 8.10. The topological polar surface area (TPSA) is 46.3 Å². The van der Waals surface area contributed by atoms with Crippen molar-refractivity contribution < 1.29 is 4.79 Å². The molecule has 0 aromatic carbocycles. The van der Waals surface area contributed by atoms with Crippen molar-refractivity contribution in [3.05, 3.63) is 22.4 Å². The van der Waals surface area contributed by atoms with E-state index >= 15 is 0 Å². The number of rotatable bonds is 5.